The summed E-state index contributed by atoms with van der Waals surface area (Å²) in [6.07, 6.45) is 1.34. The summed E-state index contributed by atoms with van der Waals surface area (Å²) in [6, 6.07) is 4.43. The van der Waals surface area contributed by atoms with Gasteiger partial charge in [0, 0.05) is 19.1 Å². The molecule has 1 aromatic rings. The van der Waals surface area contributed by atoms with Gasteiger partial charge in [0.2, 0.25) is 0 Å². The first-order chi connectivity index (χ1) is 11.5. The number of halogens is 1. The first-order valence-electron chi connectivity index (χ1n) is 8.05. The van der Waals surface area contributed by atoms with Gasteiger partial charge < -0.3 is 14.7 Å². The molecule has 1 heterocycles. The summed E-state index contributed by atoms with van der Waals surface area (Å²) in [5.74, 6) is -1.61. The zero-order valence-electron chi connectivity index (χ0n) is 14.0. The van der Waals surface area contributed by atoms with Crippen LogP contribution in [-0.4, -0.2) is 66.1 Å². The molecule has 132 valence electrons. The first kappa shape index (κ1) is 18.2. The van der Waals surface area contributed by atoms with Crippen molar-refractivity contribution in [2.24, 2.45) is 0 Å². The van der Waals surface area contributed by atoms with Crippen LogP contribution < -0.4 is 4.74 Å². The molecule has 1 aliphatic heterocycles. The number of aliphatic carboxylic acids is 1. The molecule has 0 atom stereocenters. The molecular weight excluding hydrogens is 315 g/mol. The maximum Gasteiger partial charge on any atom is 0.317 e. The van der Waals surface area contributed by atoms with Crippen LogP contribution in [0.2, 0.25) is 0 Å². The number of benzene rings is 1. The molecule has 1 amide bonds. The number of piperidine rings is 1. The van der Waals surface area contributed by atoms with Gasteiger partial charge in [0.15, 0.2) is 0 Å². The number of rotatable bonds is 6. The molecule has 0 aliphatic carbocycles. The number of methoxy groups -OCH3 is 1. The Morgan fingerprint density at radius 3 is 2.58 bits per heavy atom. The summed E-state index contributed by atoms with van der Waals surface area (Å²) in [7, 11) is 1.41. The van der Waals surface area contributed by atoms with E-state index in [2.05, 4.69) is 0 Å². The third-order valence-corrected chi connectivity index (χ3v) is 4.42. The van der Waals surface area contributed by atoms with Gasteiger partial charge in [-0.15, -0.1) is 0 Å². The fourth-order valence-corrected chi connectivity index (χ4v) is 3.15. The van der Waals surface area contributed by atoms with E-state index in [1.165, 1.54) is 19.2 Å². The second kappa shape index (κ2) is 8.10. The van der Waals surface area contributed by atoms with E-state index in [0.29, 0.717) is 32.5 Å². The van der Waals surface area contributed by atoms with Crippen LogP contribution in [0, 0.1) is 5.82 Å². The molecule has 1 aliphatic rings. The van der Waals surface area contributed by atoms with Gasteiger partial charge in [-0.05, 0) is 31.5 Å². The van der Waals surface area contributed by atoms with Crippen molar-refractivity contribution in [1.29, 1.82) is 0 Å². The standard InChI is InChI=1S/C17H23FN2O4/c1-3-19(11-15(21)22)12-7-9-20(10-8-12)17(23)16-13(18)5-4-6-14(16)24-2/h4-6,12H,3,7-11H2,1-2H3,(H,21,22). The van der Waals surface area contributed by atoms with Gasteiger partial charge in [-0.25, -0.2) is 4.39 Å². The fourth-order valence-electron chi connectivity index (χ4n) is 3.15. The third-order valence-electron chi connectivity index (χ3n) is 4.42. The molecule has 1 fully saturated rings. The van der Waals surface area contributed by atoms with Gasteiger partial charge >= 0.3 is 5.97 Å². The normalized spacial score (nSPS) is 15.6. The highest BCUT2D eigenvalue weighted by Crippen LogP contribution is 2.25. The summed E-state index contributed by atoms with van der Waals surface area (Å²) in [5.41, 5.74) is -0.0451. The van der Waals surface area contributed by atoms with Gasteiger partial charge in [0.25, 0.3) is 5.91 Å². The number of carbonyl (C=O) groups excluding carboxylic acids is 1. The van der Waals surface area contributed by atoms with Crippen LogP contribution in [0.4, 0.5) is 4.39 Å². The molecule has 0 saturated carbocycles. The smallest absolute Gasteiger partial charge is 0.317 e. The van der Waals surface area contributed by atoms with Crippen molar-refractivity contribution in [2.45, 2.75) is 25.8 Å². The van der Waals surface area contributed by atoms with Crippen LogP contribution in [-0.2, 0) is 4.79 Å². The van der Waals surface area contributed by atoms with Crippen LogP contribution in [0.5, 0.6) is 5.75 Å². The van der Waals surface area contributed by atoms with Gasteiger partial charge in [-0.2, -0.15) is 0 Å². The van der Waals surface area contributed by atoms with E-state index in [4.69, 9.17) is 9.84 Å². The van der Waals surface area contributed by atoms with Crippen molar-refractivity contribution in [3.05, 3.63) is 29.6 Å². The Labute approximate surface area is 140 Å². The number of likely N-dealkylation sites (N-methyl/N-ethyl adjacent to an activating group) is 1. The molecule has 0 unspecified atom stereocenters. The molecular formula is C17H23FN2O4. The third kappa shape index (κ3) is 4.03. The van der Waals surface area contributed by atoms with Crippen molar-refractivity contribution in [1.82, 2.24) is 9.80 Å². The molecule has 6 nitrogen and oxygen atoms in total. The molecule has 0 bridgehead atoms. The van der Waals surface area contributed by atoms with Crippen LogP contribution in [0.3, 0.4) is 0 Å². The Kier molecular flexibility index (Phi) is 6.14. The van der Waals surface area contributed by atoms with Gasteiger partial charge in [0.05, 0.1) is 13.7 Å². The summed E-state index contributed by atoms with van der Waals surface area (Å²) in [4.78, 5) is 27.0. The molecule has 1 N–H and O–H groups in total. The number of carbonyl (C=O) groups is 2. The largest absolute Gasteiger partial charge is 0.496 e. The van der Waals surface area contributed by atoms with E-state index < -0.39 is 11.8 Å². The number of nitrogens with zero attached hydrogens (tertiary/aromatic N) is 2. The molecule has 1 aromatic carbocycles. The lowest BCUT2D eigenvalue weighted by atomic mass is 10.0. The molecule has 24 heavy (non-hydrogen) atoms. The summed E-state index contributed by atoms with van der Waals surface area (Å²) >= 11 is 0. The Morgan fingerprint density at radius 1 is 1.38 bits per heavy atom. The van der Waals surface area contributed by atoms with Gasteiger partial charge in [-0.3, -0.25) is 14.5 Å². The zero-order chi connectivity index (χ0) is 17.7. The van der Waals surface area contributed by atoms with Crippen molar-refractivity contribution in [2.75, 3.05) is 33.3 Å². The van der Waals surface area contributed by atoms with Crippen molar-refractivity contribution in [3.63, 3.8) is 0 Å². The second-order valence-corrected chi connectivity index (χ2v) is 5.80. The lowest BCUT2D eigenvalue weighted by Crippen LogP contribution is -2.48. The molecule has 2 rings (SSSR count). The lowest BCUT2D eigenvalue weighted by Gasteiger charge is -2.37. The SMILES string of the molecule is CCN(CC(=O)O)C1CCN(C(=O)c2c(F)cccc2OC)CC1. The van der Waals surface area contributed by atoms with Crippen molar-refractivity contribution < 1.29 is 23.8 Å². The number of hydrogen-bond acceptors (Lipinski definition) is 4. The summed E-state index contributed by atoms with van der Waals surface area (Å²) in [6.45, 7) is 3.50. The predicted molar refractivity (Wildman–Crippen MR) is 86.8 cm³/mol. The topological polar surface area (TPSA) is 70.1 Å². The Bertz CT molecular complexity index is 600. The number of carboxylic acids is 1. The minimum absolute atomic E-state index is 0.00372. The van der Waals surface area contributed by atoms with Crippen molar-refractivity contribution in [3.8, 4) is 5.75 Å². The Balaban J connectivity index is 2.04. The molecule has 0 spiro atoms. The second-order valence-electron chi connectivity index (χ2n) is 5.80. The maximum atomic E-state index is 14.0. The number of ether oxygens (including phenoxy) is 1. The number of carboxylic acid groups (broad SMARTS) is 1. The molecule has 1 saturated heterocycles. The van der Waals surface area contributed by atoms with Gasteiger partial charge in [0.1, 0.15) is 17.1 Å². The van der Waals surface area contributed by atoms with E-state index >= 15 is 0 Å². The average molecular weight is 338 g/mol. The molecule has 0 aromatic heterocycles. The monoisotopic (exact) mass is 338 g/mol. The molecule has 0 radical (unpaired) electrons. The van der Waals surface area contributed by atoms with E-state index in [1.807, 2.05) is 11.8 Å². The van der Waals surface area contributed by atoms with E-state index in [0.717, 1.165) is 0 Å². The summed E-state index contributed by atoms with van der Waals surface area (Å²) < 4.78 is 19.1. The maximum absolute atomic E-state index is 14.0. The summed E-state index contributed by atoms with van der Waals surface area (Å²) in [5, 5.41) is 8.96. The lowest BCUT2D eigenvalue weighted by molar-refractivity contribution is -0.139. The van der Waals surface area contributed by atoms with Crippen LogP contribution in [0.15, 0.2) is 18.2 Å². The highest BCUT2D eigenvalue weighted by Gasteiger charge is 2.30. The average Bonchev–Trinajstić information content (AvgIpc) is 2.58. The number of hydrogen-bond donors (Lipinski definition) is 1. The van der Waals surface area contributed by atoms with E-state index in [1.54, 1.807) is 11.0 Å². The van der Waals surface area contributed by atoms with Gasteiger partial charge in [-0.1, -0.05) is 13.0 Å². The minimum atomic E-state index is -0.855. The quantitative estimate of drug-likeness (QED) is 0.857. The minimum Gasteiger partial charge on any atom is -0.496 e. The highest BCUT2D eigenvalue weighted by molar-refractivity contribution is 5.97. The zero-order valence-corrected chi connectivity index (χ0v) is 14.0. The van der Waals surface area contributed by atoms with Crippen molar-refractivity contribution >= 4 is 11.9 Å². The molecule has 7 heteroatoms. The number of amides is 1. The van der Waals surface area contributed by atoms with E-state index in [-0.39, 0.29) is 29.8 Å². The Morgan fingerprint density at radius 2 is 2.04 bits per heavy atom. The van der Waals surface area contributed by atoms with Crippen LogP contribution >= 0.6 is 0 Å². The van der Waals surface area contributed by atoms with Crippen LogP contribution in [0.25, 0.3) is 0 Å². The highest BCUT2D eigenvalue weighted by atomic mass is 19.1. The fraction of sp³-hybridized carbons (Fsp3) is 0.529. The van der Waals surface area contributed by atoms with E-state index in [9.17, 15) is 14.0 Å². The first-order valence-corrected chi connectivity index (χ1v) is 8.05. The van der Waals surface area contributed by atoms with Crippen LogP contribution in [0.1, 0.15) is 30.1 Å². The Hall–Kier alpha value is -2.15. The predicted octanol–water partition coefficient (Wildman–Crippen LogP) is 1.85. The number of likely N-dealkylation sites (tertiary alicyclic amines) is 1.